The summed E-state index contributed by atoms with van der Waals surface area (Å²) in [5.41, 5.74) is 1.37. The van der Waals surface area contributed by atoms with Gasteiger partial charge in [0.25, 0.3) is 0 Å². The number of nitrogens with zero attached hydrogens (tertiary/aromatic N) is 1. The molecule has 1 amide bonds. The first-order chi connectivity index (χ1) is 10.0. The van der Waals surface area contributed by atoms with Crippen molar-refractivity contribution in [2.45, 2.75) is 0 Å². The highest BCUT2D eigenvalue weighted by atomic mass is 127. The molecule has 8 heteroatoms. The van der Waals surface area contributed by atoms with Gasteiger partial charge in [0.2, 0.25) is 0 Å². The van der Waals surface area contributed by atoms with E-state index in [0.29, 0.717) is 21.9 Å². The number of hydrogen-bond donors (Lipinski definition) is 2. The van der Waals surface area contributed by atoms with Gasteiger partial charge in [0.1, 0.15) is 5.65 Å². The van der Waals surface area contributed by atoms with Crippen LogP contribution in [-0.2, 0) is 0 Å². The van der Waals surface area contributed by atoms with Gasteiger partial charge in [0.15, 0.2) is 5.75 Å². The average Bonchev–Trinajstić information content (AvgIpc) is 2.83. The number of pyridine rings is 1. The molecule has 1 aromatic carbocycles. The van der Waals surface area contributed by atoms with Crippen LogP contribution in [0, 0.1) is 3.57 Å². The Hall–Kier alpha value is -1.06. The molecule has 0 bridgehead atoms. The monoisotopic (exact) mass is 479 g/mol. The Morgan fingerprint density at radius 3 is 3.00 bits per heavy atom. The molecule has 3 aromatic rings. The van der Waals surface area contributed by atoms with Gasteiger partial charge in [-0.05, 0) is 44.6 Å². The molecule has 5 nitrogen and oxygen atoms in total. The number of aromatic amines is 1. The highest BCUT2D eigenvalue weighted by Gasteiger charge is 2.18. The molecule has 2 N–H and O–H groups in total. The molecule has 0 aliphatic carbocycles. The van der Waals surface area contributed by atoms with Crippen molar-refractivity contribution in [2.75, 3.05) is 7.05 Å². The second kappa shape index (κ2) is 5.62. The quantitative estimate of drug-likeness (QED) is 0.506. The number of ether oxygens (including phenoxy) is 1. The van der Waals surface area contributed by atoms with E-state index in [4.69, 9.17) is 16.3 Å². The van der Waals surface area contributed by atoms with E-state index in [0.717, 1.165) is 18.8 Å². The molecule has 0 radical (unpaired) electrons. The summed E-state index contributed by atoms with van der Waals surface area (Å²) in [4.78, 5) is 19.0. The molecule has 0 aliphatic heterocycles. The topological polar surface area (TPSA) is 67.0 Å². The summed E-state index contributed by atoms with van der Waals surface area (Å²) in [6.07, 6.45) is 1.20. The zero-order chi connectivity index (χ0) is 15.1. The van der Waals surface area contributed by atoms with Crippen LogP contribution in [0.1, 0.15) is 0 Å². The lowest BCUT2D eigenvalue weighted by atomic mass is 10.2. The van der Waals surface area contributed by atoms with Gasteiger partial charge in [-0.25, -0.2) is 9.78 Å². The number of rotatable bonds is 1. The standard InChI is InChI=1S/C13H8BrClIN3O2/c1-17-13(20)21-8-3-7(15)10(14)9-6-2-5(16)4-18-12(6)19-11(8)9/h2-4H,1H3,(H,17,20)(H,18,19). The van der Waals surface area contributed by atoms with E-state index in [2.05, 4.69) is 53.8 Å². The van der Waals surface area contributed by atoms with E-state index in [1.807, 2.05) is 6.07 Å². The predicted molar refractivity (Wildman–Crippen MR) is 94.1 cm³/mol. The Labute approximate surface area is 146 Å². The van der Waals surface area contributed by atoms with Crippen LogP contribution in [0.15, 0.2) is 22.8 Å². The summed E-state index contributed by atoms with van der Waals surface area (Å²) >= 11 is 11.9. The van der Waals surface area contributed by atoms with Gasteiger partial charge in [-0.2, -0.15) is 0 Å². The average molecular weight is 480 g/mol. The molecule has 0 spiro atoms. The highest BCUT2D eigenvalue weighted by Crippen LogP contribution is 2.41. The first kappa shape index (κ1) is 14.9. The number of nitrogens with one attached hydrogen (secondary N) is 2. The smallest absolute Gasteiger partial charge is 0.408 e. The molecular weight excluding hydrogens is 472 g/mol. The summed E-state index contributed by atoms with van der Waals surface area (Å²) in [6, 6.07) is 3.58. The van der Waals surface area contributed by atoms with Crippen molar-refractivity contribution in [3.05, 3.63) is 31.4 Å². The number of amides is 1. The van der Waals surface area contributed by atoms with Gasteiger partial charge in [0.05, 0.1) is 10.5 Å². The van der Waals surface area contributed by atoms with Crippen LogP contribution in [0.2, 0.25) is 5.02 Å². The first-order valence-electron chi connectivity index (χ1n) is 5.85. The van der Waals surface area contributed by atoms with Gasteiger partial charge in [-0.15, -0.1) is 0 Å². The fraction of sp³-hybridized carbons (Fsp3) is 0.0769. The predicted octanol–water partition coefficient (Wildman–Crippen LogP) is 4.45. The summed E-state index contributed by atoms with van der Waals surface area (Å²) in [5.74, 6) is 0.352. The van der Waals surface area contributed by atoms with Crippen molar-refractivity contribution in [3.8, 4) is 5.75 Å². The molecule has 0 saturated heterocycles. The van der Waals surface area contributed by atoms with E-state index in [9.17, 15) is 4.79 Å². The van der Waals surface area contributed by atoms with Crippen molar-refractivity contribution in [1.82, 2.24) is 15.3 Å². The van der Waals surface area contributed by atoms with Crippen molar-refractivity contribution in [3.63, 3.8) is 0 Å². The summed E-state index contributed by atoms with van der Waals surface area (Å²) in [7, 11) is 1.50. The largest absolute Gasteiger partial charge is 0.412 e. The minimum Gasteiger partial charge on any atom is -0.408 e. The molecule has 0 atom stereocenters. The van der Waals surface area contributed by atoms with Crippen LogP contribution in [0.3, 0.4) is 0 Å². The number of H-pyrrole nitrogens is 1. The second-order valence-electron chi connectivity index (χ2n) is 4.23. The van der Waals surface area contributed by atoms with E-state index >= 15 is 0 Å². The molecular formula is C13H8BrClIN3O2. The van der Waals surface area contributed by atoms with E-state index in [-0.39, 0.29) is 0 Å². The lowest BCUT2D eigenvalue weighted by Gasteiger charge is -2.07. The second-order valence-corrected chi connectivity index (χ2v) is 6.68. The lowest BCUT2D eigenvalue weighted by molar-refractivity contribution is 0.203. The summed E-state index contributed by atoms with van der Waals surface area (Å²) in [6.45, 7) is 0. The number of fused-ring (bicyclic) bond motifs is 3. The number of aromatic nitrogens is 2. The van der Waals surface area contributed by atoms with Crippen molar-refractivity contribution < 1.29 is 9.53 Å². The minimum absolute atomic E-state index is 0.352. The molecule has 0 fully saturated rings. The normalized spacial score (nSPS) is 11.0. The van der Waals surface area contributed by atoms with Gasteiger partial charge in [0, 0.05) is 38.1 Å². The van der Waals surface area contributed by atoms with Gasteiger partial charge in [-0.1, -0.05) is 11.6 Å². The zero-order valence-electron chi connectivity index (χ0n) is 10.6. The number of carbonyl (C=O) groups is 1. The molecule has 21 heavy (non-hydrogen) atoms. The Morgan fingerprint density at radius 1 is 1.52 bits per heavy atom. The molecule has 2 aromatic heterocycles. The maximum atomic E-state index is 11.5. The van der Waals surface area contributed by atoms with E-state index < -0.39 is 6.09 Å². The van der Waals surface area contributed by atoms with Crippen LogP contribution in [0.4, 0.5) is 4.79 Å². The van der Waals surface area contributed by atoms with E-state index in [1.54, 1.807) is 12.3 Å². The van der Waals surface area contributed by atoms with Crippen molar-refractivity contribution in [2.24, 2.45) is 0 Å². The van der Waals surface area contributed by atoms with Crippen molar-refractivity contribution in [1.29, 1.82) is 0 Å². The van der Waals surface area contributed by atoms with Crippen LogP contribution in [-0.4, -0.2) is 23.1 Å². The molecule has 0 saturated carbocycles. The van der Waals surface area contributed by atoms with Crippen LogP contribution in [0.5, 0.6) is 5.75 Å². The van der Waals surface area contributed by atoms with Gasteiger partial charge >= 0.3 is 6.09 Å². The zero-order valence-corrected chi connectivity index (χ0v) is 15.1. The molecule has 0 aliphatic rings. The molecule has 108 valence electrons. The van der Waals surface area contributed by atoms with E-state index in [1.165, 1.54) is 7.05 Å². The third-order valence-electron chi connectivity index (χ3n) is 2.96. The number of carbonyl (C=O) groups excluding carboxylic acids is 1. The Balaban J connectivity index is 2.38. The minimum atomic E-state index is -0.559. The first-order valence-corrected chi connectivity index (χ1v) is 8.10. The molecule has 2 heterocycles. The lowest BCUT2D eigenvalue weighted by Crippen LogP contribution is -2.22. The maximum absolute atomic E-state index is 11.5. The number of halogens is 3. The van der Waals surface area contributed by atoms with Gasteiger partial charge in [-0.3, -0.25) is 0 Å². The summed E-state index contributed by atoms with van der Waals surface area (Å²) < 4.78 is 6.99. The Kier molecular flexibility index (Phi) is 3.98. The van der Waals surface area contributed by atoms with Crippen LogP contribution in [0.25, 0.3) is 21.9 Å². The number of benzene rings is 1. The number of hydrogen-bond acceptors (Lipinski definition) is 3. The summed E-state index contributed by atoms with van der Waals surface area (Å²) in [5, 5.41) is 4.61. The Morgan fingerprint density at radius 2 is 2.29 bits per heavy atom. The van der Waals surface area contributed by atoms with Crippen LogP contribution < -0.4 is 10.1 Å². The SMILES string of the molecule is CNC(=O)Oc1cc(Cl)c(Br)c2c1[nH]c1ncc(I)cc12. The Bertz CT molecular complexity index is 881. The highest BCUT2D eigenvalue weighted by molar-refractivity contribution is 14.1. The van der Waals surface area contributed by atoms with Crippen LogP contribution >= 0.6 is 50.1 Å². The third kappa shape index (κ3) is 2.58. The van der Waals surface area contributed by atoms with Gasteiger partial charge < -0.3 is 15.0 Å². The molecule has 3 rings (SSSR count). The third-order valence-corrected chi connectivity index (χ3v) is 4.90. The maximum Gasteiger partial charge on any atom is 0.412 e. The fourth-order valence-electron chi connectivity index (χ4n) is 2.06. The molecule has 0 unspecified atom stereocenters. The fourth-order valence-corrected chi connectivity index (χ4v) is 3.23. The van der Waals surface area contributed by atoms with Crippen molar-refractivity contribution >= 4 is 78.2 Å².